The molecular formula is C17H21F3N8OS. The second-order valence-electron chi connectivity index (χ2n) is 7.58. The first-order valence-corrected chi connectivity index (χ1v) is 10.3. The van der Waals surface area contributed by atoms with Crippen LogP contribution in [0.15, 0.2) is 12.3 Å². The molecule has 3 aliphatic heterocycles. The van der Waals surface area contributed by atoms with E-state index in [1.807, 2.05) is 18.0 Å². The van der Waals surface area contributed by atoms with Gasteiger partial charge in [-0.15, -0.1) is 0 Å². The third-order valence-corrected chi connectivity index (χ3v) is 6.58. The summed E-state index contributed by atoms with van der Waals surface area (Å²) in [6, 6.07) is 2.58. The van der Waals surface area contributed by atoms with Crippen LogP contribution in [0.3, 0.4) is 0 Å². The fraction of sp³-hybridized carbons (Fsp3) is 0.588. The van der Waals surface area contributed by atoms with Crippen molar-refractivity contribution >= 4 is 29.4 Å². The Morgan fingerprint density at radius 1 is 1.37 bits per heavy atom. The van der Waals surface area contributed by atoms with Crippen molar-refractivity contribution in [2.24, 2.45) is 11.8 Å². The lowest BCUT2D eigenvalue weighted by molar-refractivity contribution is -0.186. The summed E-state index contributed by atoms with van der Waals surface area (Å²) in [6.45, 7) is 2.45. The number of nitrogens with zero attached hydrogens (tertiary/aromatic N) is 4. The number of hydrazine groups is 2. The van der Waals surface area contributed by atoms with Crippen molar-refractivity contribution in [2.45, 2.75) is 17.5 Å². The van der Waals surface area contributed by atoms with E-state index in [1.165, 1.54) is 17.4 Å². The first-order valence-electron chi connectivity index (χ1n) is 9.42. The predicted octanol–water partition coefficient (Wildman–Crippen LogP) is 0.450. The van der Waals surface area contributed by atoms with Gasteiger partial charge in [0.2, 0.25) is 5.91 Å². The zero-order valence-electron chi connectivity index (χ0n) is 16.0. The maximum absolute atomic E-state index is 13.8. The topological polar surface area (TPSA) is 108 Å². The van der Waals surface area contributed by atoms with Gasteiger partial charge in [-0.25, -0.2) is 21.0 Å². The third-order valence-electron chi connectivity index (χ3n) is 5.41. The number of hydrogen-bond donors (Lipinski definition) is 4. The third kappa shape index (κ3) is 4.06. The monoisotopic (exact) mass is 442 g/mol. The molecule has 0 spiro atoms. The Balaban J connectivity index is 1.49. The minimum atomic E-state index is -4.51. The molecule has 1 amide bonds. The standard InChI is InChI=1S/C17H21F3N8OS/c1-27-7-10(8-27)13-12(17(18,19)20)14(30-26-13)16(29)25-11-4-9(5-21)15(22-6-11)28-23-2-3-24-28/h4,6,10,12-14,23-24,26H,2-3,7-8H2,1H3,(H,25,29). The largest absolute Gasteiger partial charge is 0.394 e. The summed E-state index contributed by atoms with van der Waals surface area (Å²) < 4.78 is 44.2. The summed E-state index contributed by atoms with van der Waals surface area (Å²) in [5.41, 5.74) is 6.32. The quantitative estimate of drug-likeness (QED) is 0.494. The summed E-state index contributed by atoms with van der Waals surface area (Å²) >= 11 is 0.811. The first-order chi connectivity index (χ1) is 14.3. The van der Waals surface area contributed by atoms with Gasteiger partial charge in [0.05, 0.1) is 23.4 Å². The SMILES string of the molecule is CN1CC(C2NSC(C(=O)Nc3cnc(N4NCCN4)c(C#N)c3)C2C(F)(F)F)C1. The first kappa shape index (κ1) is 21.1. The van der Waals surface area contributed by atoms with Crippen LogP contribution in [-0.2, 0) is 4.79 Å². The molecule has 3 aliphatic rings. The van der Waals surface area contributed by atoms with Crippen molar-refractivity contribution in [3.05, 3.63) is 17.8 Å². The number of amides is 1. The average molecular weight is 442 g/mol. The number of nitrogens with one attached hydrogen (secondary N) is 4. The molecule has 0 radical (unpaired) electrons. The van der Waals surface area contributed by atoms with Crippen LogP contribution in [0.1, 0.15) is 5.56 Å². The number of likely N-dealkylation sites (tertiary alicyclic amines) is 1. The van der Waals surface area contributed by atoms with Crippen LogP contribution in [0.4, 0.5) is 24.7 Å². The van der Waals surface area contributed by atoms with E-state index in [4.69, 9.17) is 0 Å². The second-order valence-corrected chi connectivity index (χ2v) is 8.56. The number of hydrogen-bond acceptors (Lipinski definition) is 9. The number of pyridine rings is 1. The molecule has 0 aromatic carbocycles. The molecule has 0 saturated carbocycles. The van der Waals surface area contributed by atoms with E-state index in [2.05, 4.69) is 25.9 Å². The van der Waals surface area contributed by atoms with Crippen molar-refractivity contribution < 1.29 is 18.0 Å². The van der Waals surface area contributed by atoms with Gasteiger partial charge in [-0.05, 0) is 13.1 Å². The molecule has 3 atom stereocenters. The van der Waals surface area contributed by atoms with Crippen molar-refractivity contribution in [2.75, 3.05) is 43.7 Å². The number of aromatic nitrogens is 1. The lowest BCUT2D eigenvalue weighted by Crippen LogP contribution is -2.57. The number of halogens is 3. The molecule has 3 unspecified atom stereocenters. The smallest absolute Gasteiger partial charge is 0.324 e. The van der Waals surface area contributed by atoms with Crippen molar-refractivity contribution in [1.29, 1.82) is 5.26 Å². The highest BCUT2D eigenvalue weighted by Gasteiger charge is 2.58. The Morgan fingerprint density at radius 2 is 2.07 bits per heavy atom. The number of nitriles is 1. The zero-order valence-corrected chi connectivity index (χ0v) is 16.8. The van der Waals surface area contributed by atoms with Crippen LogP contribution in [0.5, 0.6) is 0 Å². The maximum Gasteiger partial charge on any atom is 0.394 e. The van der Waals surface area contributed by atoms with E-state index >= 15 is 0 Å². The van der Waals surface area contributed by atoms with E-state index in [9.17, 15) is 23.2 Å². The van der Waals surface area contributed by atoms with Crippen molar-refractivity contribution in [3.63, 3.8) is 0 Å². The lowest BCUT2D eigenvalue weighted by Gasteiger charge is -2.42. The van der Waals surface area contributed by atoms with Gasteiger partial charge < -0.3 is 10.2 Å². The van der Waals surface area contributed by atoms with E-state index in [0.29, 0.717) is 32.0 Å². The molecule has 4 rings (SSSR count). The van der Waals surface area contributed by atoms with Crippen LogP contribution in [-0.4, -0.2) is 66.5 Å². The number of carbonyl (C=O) groups excluding carboxylic acids is 1. The Morgan fingerprint density at radius 3 is 2.67 bits per heavy atom. The van der Waals surface area contributed by atoms with E-state index in [1.54, 1.807) is 0 Å². The van der Waals surface area contributed by atoms with E-state index in [0.717, 1.165) is 11.9 Å². The summed E-state index contributed by atoms with van der Waals surface area (Å²) in [5.74, 6) is -2.38. The molecule has 9 nitrogen and oxygen atoms in total. The predicted molar refractivity (Wildman–Crippen MR) is 105 cm³/mol. The van der Waals surface area contributed by atoms with Gasteiger partial charge in [0.1, 0.15) is 11.3 Å². The number of anilines is 2. The summed E-state index contributed by atoms with van der Waals surface area (Å²) in [4.78, 5) is 18.8. The van der Waals surface area contributed by atoms with Crippen LogP contribution >= 0.6 is 11.9 Å². The van der Waals surface area contributed by atoms with Crippen LogP contribution in [0.25, 0.3) is 0 Å². The minimum absolute atomic E-state index is 0.154. The normalized spacial score (nSPS) is 27.7. The van der Waals surface area contributed by atoms with Crippen LogP contribution in [0.2, 0.25) is 0 Å². The highest BCUT2D eigenvalue weighted by molar-refractivity contribution is 7.99. The Labute approximate surface area is 175 Å². The molecule has 3 saturated heterocycles. The van der Waals surface area contributed by atoms with Gasteiger partial charge in [-0.1, -0.05) is 11.9 Å². The highest BCUT2D eigenvalue weighted by Crippen LogP contribution is 2.45. The Bertz CT molecular complexity index is 850. The van der Waals surface area contributed by atoms with Crippen LogP contribution in [0, 0.1) is 23.2 Å². The Kier molecular flexibility index (Phi) is 5.78. The van der Waals surface area contributed by atoms with Gasteiger partial charge >= 0.3 is 6.18 Å². The maximum atomic E-state index is 13.8. The molecule has 1 aromatic heterocycles. The molecule has 1 aromatic rings. The van der Waals surface area contributed by atoms with Gasteiger partial charge in [-0.2, -0.15) is 18.4 Å². The molecule has 4 N–H and O–H groups in total. The fourth-order valence-electron chi connectivity index (χ4n) is 3.98. The minimum Gasteiger partial charge on any atom is -0.324 e. The number of alkyl halides is 3. The van der Waals surface area contributed by atoms with Gasteiger partial charge in [-0.3, -0.25) is 9.52 Å². The van der Waals surface area contributed by atoms with Gasteiger partial charge in [0.25, 0.3) is 0 Å². The summed E-state index contributed by atoms with van der Waals surface area (Å²) in [5, 5.41) is 12.1. The molecule has 0 aliphatic carbocycles. The highest BCUT2D eigenvalue weighted by atomic mass is 32.2. The molecule has 30 heavy (non-hydrogen) atoms. The van der Waals surface area contributed by atoms with Gasteiger partial charge in [0.15, 0.2) is 5.82 Å². The Hall–Kier alpha value is -2.11. The van der Waals surface area contributed by atoms with E-state index < -0.39 is 29.3 Å². The van der Waals surface area contributed by atoms with Crippen molar-refractivity contribution in [1.82, 2.24) is 25.5 Å². The molecule has 3 fully saturated rings. The number of rotatable bonds is 4. The van der Waals surface area contributed by atoms with E-state index in [-0.39, 0.29) is 17.2 Å². The molecular weight excluding hydrogens is 421 g/mol. The van der Waals surface area contributed by atoms with Gasteiger partial charge in [0, 0.05) is 38.1 Å². The summed E-state index contributed by atoms with van der Waals surface area (Å²) in [6.07, 6.45) is -3.19. The fourth-order valence-corrected chi connectivity index (χ4v) is 5.26. The van der Waals surface area contributed by atoms with Crippen LogP contribution < -0.4 is 26.0 Å². The average Bonchev–Trinajstić information content (AvgIpc) is 3.34. The zero-order chi connectivity index (χ0) is 21.5. The molecule has 13 heteroatoms. The molecule has 4 heterocycles. The number of carbonyl (C=O) groups is 1. The molecule has 162 valence electrons. The summed E-state index contributed by atoms with van der Waals surface area (Å²) in [7, 11) is 1.85. The lowest BCUT2D eigenvalue weighted by atomic mass is 9.82. The second kappa shape index (κ2) is 8.20. The van der Waals surface area contributed by atoms with Crippen molar-refractivity contribution in [3.8, 4) is 6.07 Å². The molecule has 0 bridgehead atoms.